The summed E-state index contributed by atoms with van der Waals surface area (Å²) in [5.41, 5.74) is 0.958. The zero-order valence-electron chi connectivity index (χ0n) is 12.5. The van der Waals surface area contributed by atoms with Crippen LogP contribution in [0.15, 0.2) is 12.5 Å². The van der Waals surface area contributed by atoms with Gasteiger partial charge in [-0.2, -0.15) is 0 Å². The third kappa shape index (κ3) is 3.07. The smallest absolute Gasteiger partial charge is 0.252 e. The summed E-state index contributed by atoms with van der Waals surface area (Å²) in [4.78, 5) is 29.1. The number of imide groups is 1. The number of hydrogen-bond acceptors (Lipinski definition) is 4. The lowest BCUT2D eigenvalue weighted by Gasteiger charge is -2.30. The highest BCUT2D eigenvalue weighted by molar-refractivity contribution is 5.99. The molecule has 110 valence electrons. The molecule has 6 nitrogen and oxygen atoms in total. The largest absolute Gasteiger partial charge is 0.321 e. The van der Waals surface area contributed by atoms with E-state index >= 15 is 0 Å². The molecule has 0 bridgehead atoms. The first-order chi connectivity index (χ1) is 9.29. The van der Waals surface area contributed by atoms with Crippen molar-refractivity contribution < 1.29 is 9.59 Å². The van der Waals surface area contributed by atoms with Gasteiger partial charge >= 0.3 is 0 Å². The number of amides is 2. The Hall–Kier alpha value is -1.69. The van der Waals surface area contributed by atoms with Crippen molar-refractivity contribution in [3.8, 4) is 0 Å². The Kier molecular flexibility index (Phi) is 3.94. The van der Waals surface area contributed by atoms with E-state index in [0.717, 1.165) is 5.69 Å². The van der Waals surface area contributed by atoms with Crippen molar-refractivity contribution in [2.45, 2.75) is 51.7 Å². The van der Waals surface area contributed by atoms with Gasteiger partial charge in [0, 0.05) is 31.7 Å². The van der Waals surface area contributed by atoms with Gasteiger partial charge in [-0.25, -0.2) is 4.98 Å². The van der Waals surface area contributed by atoms with Gasteiger partial charge in [-0.1, -0.05) is 0 Å². The van der Waals surface area contributed by atoms with Crippen LogP contribution in [0, 0.1) is 0 Å². The van der Waals surface area contributed by atoms with Crippen molar-refractivity contribution >= 4 is 11.8 Å². The molecule has 1 aliphatic rings. The van der Waals surface area contributed by atoms with Gasteiger partial charge in [0.2, 0.25) is 5.91 Å². The number of imidazole rings is 1. The Balaban J connectivity index is 2.15. The summed E-state index contributed by atoms with van der Waals surface area (Å²) in [7, 11) is 1.54. The average Bonchev–Trinajstić information content (AvgIpc) is 2.81. The number of piperidine rings is 1. The summed E-state index contributed by atoms with van der Waals surface area (Å²) in [5, 5.41) is 3.39. The highest BCUT2D eigenvalue weighted by Crippen LogP contribution is 2.24. The molecule has 1 aromatic rings. The van der Waals surface area contributed by atoms with Crippen LogP contribution in [-0.4, -0.2) is 38.9 Å². The number of nitrogens with zero attached hydrogens (tertiary/aromatic N) is 3. The molecule has 0 radical (unpaired) electrons. The van der Waals surface area contributed by atoms with E-state index in [-0.39, 0.29) is 23.4 Å². The molecule has 0 aliphatic carbocycles. The number of hydrogen-bond donors (Lipinski definition) is 1. The predicted molar refractivity (Wildman–Crippen MR) is 74.9 cm³/mol. The van der Waals surface area contributed by atoms with Gasteiger partial charge in [0.25, 0.3) is 5.91 Å². The van der Waals surface area contributed by atoms with Crippen LogP contribution in [0.5, 0.6) is 0 Å². The van der Waals surface area contributed by atoms with Gasteiger partial charge in [0.15, 0.2) is 0 Å². The number of aromatic nitrogens is 2. The van der Waals surface area contributed by atoms with E-state index in [1.54, 1.807) is 19.6 Å². The SMILES string of the molecule is CN1C(=O)CCC(n2cncc2CNC(C)(C)C)C1=O. The molecule has 2 rings (SSSR count). The van der Waals surface area contributed by atoms with E-state index < -0.39 is 0 Å². The molecule has 1 fully saturated rings. The third-order valence-corrected chi connectivity index (χ3v) is 3.50. The summed E-state index contributed by atoms with van der Waals surface area (Å²) >= 11 is 0. The maximum Gasteiger partial charge on any atom is 0.252 e. The number of carbonyl (C=O) groups excluding carboxylic acids is 2. The second kappa shape index (κ2) is 5.36. The van der Waals surface area contributed by atoms with Gasteiger partial charge in [-0.05, 0) is 27.2 Å². The molecule has 2 heterocycles. The zero-order valence-corrected chi connectivity index (χ0v) is 12.5. The van der Waals surface area contributed by atoms with Crippen LogP contribution in [0.4, 0.5) is 0 Å². The quantitative estimate of drug-likeness (QED) is 0.841. The fourth-order valence-electron chi connectivity index (χ4n) is 2.26. The topological polar surface area (TPSA) is 67.2 Å². The van der Waals surface area contributed by atoms with Crippen LogP contribution in [0.25, 0.3) is 0 Å². The third-order valence-electron chi connectivity index (χ3n) is 3.50. The molecule has 0 spiro atoms. The average molecular weight is 278 g/mol. The number of nitrogens with one attached hydrogen (secondary N) is 1. The molecular weight excluding hydrogens is 256 g/mol. The summed E-state index contributed by atoms with van der Waals surface area (Å²) < 4.78 is 1.88. The standard InChI is InChI=1S/C14H22N4O2/c1-14(2,3)16-8-10-7-15-9-18(10)11-5-6-12(19)17(4)13(11)20/h7,9,11,16H,5-6,8H2,1-4H3. The van der Waals surface area contributed by atoms with Crippen LogP contribution in [0.2, 0.25) is 0 Å². The minimum absolute atomic E-state index is 0.00156. The van der Waals surface area contributed by atoms with Crippen LogP contribution in [0.3, 0.4) is 0 Å². The lowest BCUT2D eigenvalue weighted by molar-refractivity contribution is -0.149. The summed E-state index contributed by atoms with van der Waals surface area (Å²) in [6.45, 7) is 6.91. The van der Waals surface area contributed by atoms with Gasteiger partial charge < -0.3 is 9.88 Å². The first-order valence-corrected chi connectivity index (χ1v) is 6.86. The Morgan fingerprint density at radius 2 is 2.10 bits per heavy atom. The Labute approximate surface area is 119 Å². The number of likely N-dealkylation sites (N-methyl/N-ethyl adjacent to an activating group) is 1. The fraction of sp³-hybridized carbons (Fsp3) is 0.643. The van der Waals surface area contributed by atoms with Crippen LogP contribution < -0.4 is 5.32 Å². The molecule has 2 amide bonds. The minimum atomic E-state index is -0.322. The molecular formula is C14H22N4O2. The summed E-state index contributed by atoms with van der Waals surface area (Å²) in [6.07, 6.45) is 4.38. The van der Waals surface area contributed by atoms with Crippen LogP contribution in [0.1, 0.15) is 45.3 Å². The van der Waals surface area contributed by atoms with Crippen molar-refractivity contribution in [3.05, 3.63) is 18.2 Å². The van der Waals surface area contributed by atoms with Crippen molar-refractivity contribution in [1.82, 2.24) is 19.8 Å². The van der Waals surface area contributed by atoms with Gasteiger partial charge in [-0.15, -0.1) is 0 Å². The molecule has 1 atom stereocenters. The number of carbonyl (C=O) groups is 2. The van der Waals surface area contributed by atoms with Gasteiger partial charge in [0.1, 0.15) is 6.04 Å². The van der Waals surface area contributed by atoms with Gasteiger partial charge in [0.05, 0.1) is 12.0 Å². The van der Waals surface area contributed by atoms with E-state index in [0.29, 0.717) is 19.4 Å². The van der Waals surface area contributed by atoms with E-state index in [4.69, 9.17) is 0 Å². The van der Waals surface area contributed by atoms with E-state index in [1.165, 1.54) is 4.90 Å². The predicted octanol–water partition coefficient (Wildman–Crippen LogP) is 1.09. The lowest BCUT2D eigenvalue weighted by Crippen LogP contribution is -2.44. The first-order valence-electron chi connectivity index (χ1n) is 6.86. The van der Waals surface area contributed by atoms with E-state index in [9.17, 15) is 9.59 Å². The van der Waals surface area contributed by atoms with Crippen molar-refractivity contribution in [2.75, 3.05) is 7.05 Å². The monoisotopic (exact) mass is 278 g/mol. The molecule has 1 N–H and O–H groups in total. The maximum absolute atomic E-state index is 12.2. The Morgan fingerprint density at radius 3 is 2.75 bits per heavy atom. The van der Waals surface area contributed by atoms with Crippen LogP contribution in [-0.2, 0) is 16.1 Å². The normalized spacial score (nSPS) is 20.6. The second-order valence-electron chi connectivity index (χ2n) is 6.24. The second-order valence-corrected chi connectivity index (χ2v) is 6.24. The lowest BCUT2D eigenvalue weighted by atomic mass is 10.0. The molecule has 1 aliphatic heterocycles. The highest BCUT2D eigenvalue weighted by atomic mass is 16.2. The highest BCUT2D eigenvalue weighted by Gasteiger charge is 2.33. The first kappa shape index (κ1) is 14.7. The van der Waals surface area contributed by atoms with E-state index in [2.05, 4.69) is 31.1 Å². The molecule has 1 unspecified atom stereocenters. The molecule has 0 aromatic carbocycles. The molecule has 6 heteroatoms. The molecule has 20 heavy (non-hydrogen) atoms. The molecule has 1 saturated heterocycles. The minimum Gasteiger partial charge on any atom is -0.321 e. The zero-order chi connectivity index (χ0) is 14.9. The van der Waals surface area contributed by atoms with Crippen molar-refractivity contribution in [2.24, 2.45) is 0 Å². The van der Waals surface area contributed by atoms with Crippen molar-refractivity contribution in [3.63, 3.8) is 0 Å². The number of rotatable bonds is 3. The summed E-state index contributed by atoms with van der Waals surface area (Å²) in [6, 6.07) is -0.322. The van der Waals surface area contributed by atoms with Crippen LogP contribution >= 0.6 is 0 Å². The Morgan fingerprint density at radius 1 is 1.40 bits per heavy atom. The maximum atomic E-state index is 12.2. The van der Waals surface area contributed by atoms with Gasteiger partial charge in [-0.3, -0.25) is 14.5 Å². The molecule has 0 saturated carbocycles. The fourth-order valence-corrected chi connectivity index (χ4v) is 2.26. The molecule has 1 aromatic heterocycles. The van der Waals surface area contributed by atoms with Crippen molar-refractivity contribution in [1.29, 1.82) is 0 Å². The number of likely N-dealkylation sites (tertiary alicyclic amines) is 1. The summed E-state index contributed by atoms with van der Waals surface area (Å²) in [5.74, 6) is -0.267. The Bertz CT molecular complexity index is 515. The van der Waals surface area contributed by atoms with E-state index in [1.807, 2.05) is 4.57 Å².